The topological polar surface area (TPSA) is 72.9 Å². The van der Waals surface area contributed by atoms with E-state index in [0.717, 1.165) is 13.0 Å². The van der Waals surface area contributed by atoms with E-state index in [1.807, 2.05) is 0 Å². The number of benzene rings is 2. The second-order valence-electron chi connectivity index (χ2n) is 6.59. The molecule has 0 aliphatic carbocycles. The fraction of sp³-hybridized carbons (Fsp3) is 0.263. The number of alkyl halides is 1. The number of fused-ring (bicyclic) bond motifs is 1. The maximum absolute atomic E-state index is 15.0. The highest BCUT2D eigenvalue weighted by Gasteiger charge is 2.33. The van der Waals surface area contributed by atoms with Gasteiger partial charge in [0.05, 0.1) is 5.69 Å². The lowest BCUT2D eigenvalue weighted by Crippen LogP contribution is -2.40. The summed E-state index contributed by atoms with van der Waals surface area (Å²) < 4.78 is 30.4. The van der Waals surface area contributed by atoms with Gasteiger partial charge in [0.25, 0.3) is 5.91 Å². The summed E-state index contributed by atoms with van der Waals surface area (Å²) in [7, 11) is 0. The molecule has 7 heteroatoms. The summed E-state index contributed by atoms with van der Waals surface area (Å²) in [6.07, 6.45) is 2.97. The molecule has 0 spiro atoms. The Morgan fingerprint density at radius 2 is 2.00 bits per heavy atom. The highest BCUT2D eigenvalue weighted by Crippen LogP contribution is 2.33. The largest absolute Gasteiger partial charge is 0.365 e. The molecule has 1 amide bonds. The average Bonchev–Trinajstić information content (AvgIpc) is 3.06. The Balaban J connectivity index is 1.72. The number of hydrogen-bond acceptors (Lipinski definition) is 3. The lowest BCUT2D eigenvalue weighted by molar-refractivity contribution is 0.0998. The molecule has 3 aromatic rings. The van der Waals surface area contributed by atoms with Gasteiger partial charge in [0, 0.05) is 18.1 Å². The SMILES string of the molecule is NC(=O)c1c(F)ccc2cn(-c3ccc(C4(F)CCCNC4)cc3)nc12. The van der Waals surface area contributed by atoms with Gasteiger partial charge >= 0.3 is 0 Å². The Morgan fingerprint density at radius 3 is 2.65 bits per heavy atom. The van der Waals surface area contributed by atoms with Gasteiger partial charge in [0.1, 0.15) is 22.6 Å². The number of carbonyl (C=O) groups excluding carboxylic acids is 1. The maximum Gasteiger partial charge on any atom is 0.253 e. The first-order valence-corrected chi connectivity index (χ1v) is 8.46. The predicted molar refractivity (Wildman–Crippen MR) is 94.4 cm³/mol. The Hall–Kier alpha value is -2.80. The molecule has 2 aromatic carbocycles. The molecule has 0 radical (unpaired) electrons. The minimum absolute atomic E-state index is 0.208. The van der Waals surface area contributed by atoms with E-state index < -0.39 is 17.4 Å². The zero-order valence-electron chi connectivity index (χ0n) is 14.0. The van der Waals surface area contributed by atoms with Crippen LogP contribution in [0.5, 0.6) is 0 Å². The fourth-order valence-electron chi connectivity index (χ4n) is 3.46. The molecule has 1 aliphatic rings. The Labute approximate surface area is 148 Å². The van der Waals surface area contributed by atoms with Crippen molar-refractivity contribution in [1.82, 2.24) is 15.1 Å². The Bertz CT molecular complexity index is 975. The van der Waals surface area contributed by atoms with Crippen molar-refractivity contribution in [3.63, 3.8) is 0 Å². The van der Waals surface area contributed by atoms with Crippen molar-refractivity contribution >= 4 is 16.8 Å². The average molecular weight is 356 g/mol. The van der Waals surface area contributed by atoms with Crippen LogP contribution in [0.4, 0.5) is 8.78 Å². The minimum Gasteiger partial charge on any atom is -0.365 e. The monoisotopic (exact) mass is 356 g/mol. The lowest BCUT2D eigenvalue weighted by atomic mass is 9.88. The van der Waals surface area contributed by atoms with E-state index >= 15 is 4.39 Å². The molecule has 1 atom stereocenters. The summed E-state index contributed by atoms with van der Waals surface area (Å²) in [5.74, 6) is -1.56. The van der Waals surface area contributed by atoms with E-state index in [9.17, 15) is 9.18 Å². The number of piperidine rings is 1. The predicted octanol–water partition coefficient (Wildman–Crippen LogP) is 2.81. The van der Waals surface area contributed by atoms with Gasteiger partial charge in [0.15, 0.2) is 0 Å². The van der Waals surface area contributed by atoms with Crippen LogP contribution in [-0.4, -0.2) is 28.8 Å². The lowest BCUT2D eigenvalue weighted by Gasteiger charge is -2.30. The van der Waals surface area contributed by atoms with E-state index in [-0.39, 0.29) is 11.1 Å². The molecule has 4 rings (SSSR count). The summed E-state index contributed by atoms with van der Waals surface area (Å²) in [5, 5.41) is 7.98. The highest BCUT2D eigenvalue weighted by atomic mass is 19.1. The second kappa shape index (κ2) is 6.17. The van der Waals surface area contributed by atoms with Crippen molar-refractivity contribution in [1.29, 1.82) is 0 Å². The van der Waals surface area contributed by atoms with Crippen LogP contribution in [-0.2, 0) is 5.67 Å². The van der Waals surface area contributed by atoms with Gasteiger partial charge in [-0.3, -0.25) is 4.79 Å². The van der Waals surface area contributed by atoms with Gasteiger partial charge in [-0.25, -0.2) is 13.5 Å². The van der Waals surface area contributed by atoms with Crippen molar-refractivity contribution in [3.05, 3.63) is 59.5 Å². The first-order chi connectivity index (χ1) is 12.5. The summed E-state index contributed by atoms with van der Waals surface area (Å²) in [4.78, 5) is 11.5. The van der Waals surface area contributed by atoms with E-state index in [1.54, 1.807) is 36.5 Å². The fourth-order valence-corrected chi connectivity index (χ4v) is 3.46. The summed E-state index contributed by atoms with van der Waals surface area (Å²) >= 11 is 0. The molecular formula is C19H18F2N4O. The number of hydrogen-bond donors (Lipinski definition) is 2. The molecule has 26 heavy (non-hydrogen) atoms. The molecule has 0 saturated carbocycles. The number of amides is 1. The molecule has 1 aromatic heterocycles. The molecule has 3 N–H and O–H groups in total. The van der Waals surface area contributed by atoms with E-state index in [1.165, 1.54) is 10.7 Å². The van der Waals surface area contributed by atoms with Crippen LogP contribution in [0.15, 0.2) is 42.6 Å². The zero-order valence-corrected chi connectivity index (χ0v) is 14.0. The Morgan fingerprint density at radius 1 is 1.23 bits per heavy atom. The Kier molecular flexibility index (Phi) is 3.96. The van der Waals surface area contributed by atoms with Crippen LogP contribution in [0.25, 0.3) is 16.6 Å². The molecule has 1 aliphatic heterocycles. The number of nitrogens with zero attached hydrogens (tertiary/aromatic N) is 2. The van der Waals surface area contributed by atoms with Gasteiger partial charge in [-0.15, -0.1) is 0 Å². The second-order valence-corrected chi connectivity index (χ2v) is 6.59. The first-order valence-electron chi connectivity index (χ1n) is 8.46. The number of nitrogens with one attached hydrogen (secondary N) is 1. The number of carbonyl (C=O) groups is 1. The third-order valence-electron chi connectivity index (χ3n) is 4.85. The number of nitrogens with two attached hydrogens (primary N) is 1. The van der Waals surface area contributed by atoms with Crippen molar-refractivity contribution in [2.75, 3.05) is 13.1 Å². The number of aromatic nitrogens is 2. The summed E-state index contributed by atoms with van der Waals surface area (Å²) in [6, 6.07) is 9.74. The van der Waals surface area contributed by atoms with Crippen molar-refractivity contribution in [3.8, 4) is 5.69 Å². The molecule has 2 heterocycles. The smallest absolute Gasteiger partial charge is 0.253 e. The van der Waals surface area contributed by atoms with Gasteiger partial charge in [-0.05, 0) is 49.2 Å². The minimum atomic E-state index is -1.37. The quantitative estimate of drug-likeness (QED) is 0.758. The summed E-state index contributed by atoms with van der Waals surface area (Å²) in [6.45, 7) is 1.14. The van der Waals surface area contributed by atoms with E-state index in [0.29, 0.717) is 29.6 Å². The van der Waals surface area contributed by atoms with Crippen LogP contribution >= 0.6 is 0 Å². The van der Waals surface area contributed by atoms with Crippen LogP contribution in [0.1, 0.15) is 28.8 Å². The molecule has 5 nitrogen and oxygen atoms in total. The number of primary amides is 1. The third kappa shape index (κ3) is 2.74. The van der Waals surface area contributed by atoms with Gasteiger partial charge in [-0.2, -0.15) is 5.10 Å². The number of halogens is 2. The molecule has 1 saturated heterocycles. The number of rotatable bonds is 3. The maximum atomic E-state index is 15.0. The van der Waals surface area contributed by atoms with Crippen LogP contribution in [0.2, 0.25) is 0 Å². The van der Waals surface area contributed by atoms with Gasteiger partial charge < -0.3 is 11.1 Å². The third-order valence-corrected chi connectivity index (χ3v) is 4.85. The molecule has 0 bridgehead atoms. The van der Waals surface area contributed by atoms with Crippen LogP contribution < -0.4 is 11.1 Å². The van der Waals surface area contributed by atoms with Crippen LogP contribution in [0.3, 0.4) is 0 Å². The molecule has 1 unspecified atom stereocenters. The molecule has 1 fully saturated rings. The highest BCUT2D eigenvalue weighted by molar-refractivity contribution is 6.04. The van der Waals surface area contributed by atoms with Gasteiger partial charge in [-0.1, -0.05) is 12.1 Å². The van der Waals surface area contributed by atoms with Crippen LogP contribution in [0, 0.1) is 5.82 Å². The zero-order chi connectivity index (χ0) is 18.3. The normalized spacial score (nSPS) is 20.4. The van der Waals surface area contributed by atoms with Crippen molar-refractivity contribution in [2.45, 2.75) is 18.5 Å². The first kappa shape index (κ1) is 16.7. The van der Waals surface area contributed by atoms with Crippen molar-refractivity contribution in [2.24, 2.45) is 5.73 Å². The summed E-state index contributed by atoms with van der Waals surface area (Å²) in [5.41, 5.74) is 5.19. The van der Waals surface area contributed by atoms with Crippen molar-refractivity contribution < 1.29 is 13.6 Å². The van der Waals surface area contributed by atoms with Gasteiger partial charge in [0.2, 0.25) is 0 Å². The standard InChI is InChI=1S/C19H18F2N4O/c20-15-7-2-12-10-25(24-17(12)16(15)18(22)26)14-5-3-13(4-6-14)19(21)8-1-9-23-11-19/h2-7,10,23H,1,8-9,11H2,(H2,22,26). The van der Waals surface area contributed by atoms with E-state index in [4.69, 9.17) is 5.73 Å². The van der Waals surface area contributed by atoms with E-state index in [2.05, 4.69) is 10.4 Å². The molecule has 134 valence electrons. The molecular weight excluding hydrogens is 338 g/mol.